The molecule has 1 aliphatic rings. The zero-order chi connectivity index (χ0) is 12.4. The lowest BCUT2D eigenvalue weighted by atomic mass is 10.1. The van der Waals surface area contributed by atoms with Gasteiger partial charge < -0.3 is 5.32 Å². The van der Waals surface area contributed by atoms with Gasteiger partial charge in [0.25, 0.3) is 5.91 Å². The van der Waals surface area contributed by atoms with Crippen LogP contribution in [0.4, 0.5) is 4.39 Å². The summed E-state index contributed by atoms with van der Waals surface area (Å²) in [6.45, 7) is 0. The normalized spacial score (nSPS) is 16.2. The number of carbonyl (C=O) groups is 1. The topological polar surface area (TPSA) is 29.1 Å². The van der Waals surface area contributed by atoms with E-state index in [2.05, 4.69) is 21.2 Å². The Morgan fingerprint density at radius 2 is 2.06 bits per heavy atom. The molecule has 92 valence electrons. The average molecular weight is 321 g/mol. The van der Waals surface area contributed by atoms with Crippen molar-refractivity contribution in [1.29, 1.82) is 0 Å². The number of benzene rings is 1. The highest BCUT2D eigenvalue weighted by Crippen LogP contribution is 2.28. The first-order chi connectivity index (χ1) is 8.08. The van der Waals surface area contributed by atoms with E-state index in [1.165, 1.54) is 6.07 Å². The van der Waals surface area contributed by atoms with Crippen molar-refractivity contribution in [3.63, 3.8) is 0 Å². The number of carbonyl (C=O) groups excluding carboxylic acids is 1. The van der Waals surface area contributed by atoms with Gasteiger partial charge in [0.2, 0.25) is 0 Å². The third-order valence-electron chi connectivity index (χ3n) is 2.93. The van der Waals surface area contributed by atoms with Gasteiger partial charge >= 0.3 is 0 Å². The van der Waals surface area contributed by atoms with Crippen LogP contribution in [0.25, 0.3) is 0 Å². The summed E-state index contributed by atoms with van der Waals surface area (Å²) in [7, 11) is 0. The lowest BCUT2D eigenvalue weighted by molar-refractivity contribution is 0.0937. The number of halogens is 3. The summed E-state index contributed by atoms with van der Waals surface area (Å²) in [4.78, 5) is 11.9. The molecule has 0 heterocycles. The molecule has 0 unspecified atom stereocenters. The van der Waals surface area contributed by atoms with E-state index in [9.17, 15) is 9.18 Å². The molecule has 0 saturated heterocycles. The Kier molecular flexibility index (Phi) is 4.05. The van der Waals surface area contributed by atoms with Crippen LogP contribution in [0.5, 0.6) is 0 Å². The summed E-state index contributed by atoms with van der Waals surface area (Å²) in [5, 5.41) is 3.13. The zero-order valence-electron chi connectivity index (χ0n) is 9.10. The molecule has 1 saturated carbocycles. The van der Waals surface area contributed by atoms with E-state index in [4.69, 9.17) is 11.6 Å². The summed E-state index contributed by atoms with van der Waals surface area (Å²) in [6.07, 6.45) is 4.23. The number of nitrogens with one attached hydrogen (secondary N) is 1. The van der Waals surface area contributed by atoms with Gasteiger partial charge in [0.1, 0.15) is 5.82 Å². The second kappa shape index (κ2) is 5.36. The van der Waals surface area contributed by atoms with Crippen LogP contribution in [-0.2, 0) is 0 Å². The van der Waals surface area contributed by atoms with Crippen molar-refractivity contribution in [1.82, 2.24) is 5.32 Å². The molecule has 2 nitrogen and oxygen atoms in total. The van der Waals surface area contributed by atoms with E-state index in [-0.39, 0.29) is 22.5 Å². The van der Waals surface area contributed by atoms with E-state index < -0.39 is 5.82 Å². The van der Waals surface area contributed by atoms with Crippen LogP contribution in [-0.4, -0.2) is 11.9 Å². The molecule has 1 aromatic rings. The molecule has 0 bridgehead atoms. The second-order valence-corrected chi connectivity index (χ2v) is 5.44. The molecule has 2 rings (SSSR count). The standard InChI is InChI=1S/C12H12BrClFNO/c13-10-6-7(15)5-9(11(10)14)12(17)16-8-3-1-2-4-8/h5-6,8H,1-4H2,(H,16,17). The van der Waals surface area contributed by atoms with Gasteiger partial charge in [-0.05, 0) is 40.9 Å². The summed E-state index contributed by atoms with van der Waals surface area (Å²) in [5.74, 6) is -0.778. The van der Waals surface area contributed by atoms with Crippen LogP contribution in [0.15, 0.2) is 16.6 Å². The highest BCUT2D eigenvalue weighted by atomic mass is 79.9. The SMILES string of the molecule is O=C(NC1CCCC1)c1cc(F)cc(Br)c1Cl. The molecule has 0 aliphatic heterocycles. The van der Waals surface area contributed by atoms with Crippen molar-refractivity contribution < 1.29 is 9.18 Å². The average Bonchev–Trinajstić information content (AvgIpc) is 2.76. The first kappa shape index (κ1) is 12.8. The van der Waals surface area contributed by atoms with Crippen molar-refractivity contribution in [3.05, 3.63) is 33.0 Å². The zero-order valence-corrected chi connectivity index (χ0v) is 11.4. The Morgan fingerprint density at radius 1 is 1.41 bits per heavy atom. The number of rotatable bonds is 2. The fraction of sp³-hybridized carbons (Fsp3) is 0.417. The molecule has 1 aliphatic carbocycles. The summed E-state index contributed by atoms with van der Waals surface area (Å²) in [6, 6.07) is 2.60. The largest absolute Gasteiger partial charge is 0.349 e. The Labute approximate surface area is 113 Å². The molecule has 0 spiro atoms. The van der Waals surface area contributed by atoms with Crippen molar-refractivity contribution in [2.45, 2.75) is 31.7 Å². The predicted molar refractivity (Wildman–Crippen MR) is 68.8 cm³/mol. The van der Waals surface area contributed by atoms with Gasteiger partial charge in [-0.3, -0.25) is 4.79 Å². The minimum absolute atomic E-state index is 0.186. The minimum Gasteiger partial charge on any atom is -0.349 e. The van der Waals surface area contributed by atoms with Gasteiger partial charge in [-0.25, -0.2) is 4.39 Å². The summed E-state index contributed by atoms with van der Waals surface area (Å²) in [5.41, 5.74) is 0.186. The van der Waals surface area contributed by atoms with Gasteiger partial charge in [0.05, 0.1) is 10.6 Å². The van der Waals surface area contributed by atoms with Crippen LogP contribution in [0.3, 0.4) is 0 Å². The maximum Gasteiger partial charge on any atom is 0.253 e. The number of hydrogen-bond donors (Lipinski definition) is 1. The monoisotopic (exact) mass is 319 g/mol. The first-order valence-corrected chi connectivity index (χ1v) is 6.70. The smallest absolute Gasteiger partial charge is 0.253 e. The number of amides is 1. The molecule has 5 heteroatoms. The lowest BCUT2D eigenvalue weighted by Gasteiger charge is -2.13. The molecule has 0 radical (unpaired) electrons. The number of hydrogen-bond acceptors (Lipinski definition) is 1. The van der Waals surface area contributed by atoms with E-state index in [1.807, 2.05) is 0 Å². The lowest BCUT2D eigenvalue weighted by Crippen LogP contribution is -2.32. The van der Waals surface area contributed by atoms with Crippen molar-refractivity contribution in [3.8, 4) is 0 Å². The molecule has 1 amide bonds. The van der Waals surface area contributed by atoms with Crippen LogP contribution < -0.4 is 5.32 Å². The van der Waals surface area contributed by atoms with Gasteiger partial charge in [-0.2, -0.15) is 0 Å². The summed E-state index contributed by atoms with van der Waals surface area (Å²) < 4.78 is 13.6. The highest BCUT2D eigenvalue weighted by Gasteiger charge is 2.20. The molecular formula is C12H12BrClFNO. The maximum atomic E-state index is 13.2. The third-order valence-corrected chi connectivity index (χ3v) is 4.19. The first-order valence-electron chi connectivity index (χ1n) is 5.53. The van der Waals surface area contributed by atoms with E-state index >= 15 is 0 Å². The van der Waals surface area contributed by atoms with Gasteiger partial charge in [-0.15, -0.1) is 0 Å². The molecule has 0 aromatic heterocycles. The minimum atomic E-state index is -0.474. The summed E-state index contributed by atoms with van der Waals surface area (Å²) >= 11 is 9.10. The Hall–Kier alpha value is -0.610. The van der Waals surface area contributed by atoms with Crippen molar-refractivity contribution >= 4 is 33.4 Å². The van der Waals surface area contributed by atoms with Gasteiger partial charge in [0.15, 0.2) is 0 Å². The Bertz CT molecular complexity index is 446. The van der Waals surface area contributed by atoms with Gasteiger partial charge in [0, 0.05) is 10.5 Å². The van der Waals surface area contributed by atoms with Crippen molar-refractivity contribution in [2.24, 2.45) is 0 Å². The second-order valence-electron chi connectivity index (χ2n) is 4.20. The van der Waals surface area contributed by atoms with Crippen LogP contribution in [0, 0.1) is 5.82 Å². The molecule has 1 N–H and O–H groups in total. The molecule has 0 atom stereocenters. The molecular weight excluding hydrogens is 308 g/mol. The third kappa shape index (κ3) is 2.99. The van der Waals surface area contributed by atoms with E-state index in [0.717, 1.165) is 31.7 Å². The Morgan fingerprint density at radius 3 is 2.71 bits per heavy atom. The van der Waals surface area contributed by atoms with E-state index in [1.54, 1.807) is 0 Å². The van der Waals surface area contributed by atoms with Gasteiger partial charge in [-0.1, -0.05) is 24.4 Å². The van der Waals surface area contributed by atoms with E-state index in [0.29, 0.717) is 4.47 Å². The van der Waals surface area contributed by atoms with Crippen LogP contribution in [0.2, 0.25) is 5.02 Å². The van der Waals surface area contributed by atoms with Crippen LogP contribution >= 0.6 is 27.5 Å². The Balaban J connectivity index is 2.18. The molecule has 1 aromatic carbocycles. The molecule has 17 heavy (non-hydrogen) atoms. The molecule has 1 fully saturated rings. The van der Waals surface area contributed by atoms with Crippen molar-refractivity contribution in [2.75, 3.05) is 0 Å². The fourth-order valence-electron chi connectivity index (χ4n) is 2.05. The fourth-order valence-corrected chi connectivity index (χ4v) is 2.68. The predicted octanol–water partition coefficient (Wildman–Crippen LogP) is 3.91. The maximum absolute atomic E-state index is 13.2. The highest BCUT2D eigenvalue weighted by molar-refractivity contribution is 9.10. The quantitative estimate of drug-likeness (QED) is 0.822. The van der Waals surface area contributed by atoms with Crippen LogP contribution in [0.1, 0.15) is 36.0 Å².